The molecule has 1 aromatic carbocycles. The number of imidazole rings is 1. The fourth-order valence-electron chi connectivity index (χ4n) is 2.34. The third-order valence-corrected chi connectivity index (χ3v) is 3.35. The summed E-state index contributed by atoms with van der Waals surface area (Å²) in [6.07, 6.45) is 4.11. The normalized spacial score (nSPS) is 10.9. The number of hydrogen-bond donors (Lipinski definition) is 2. The van der Waals surface area contributed by atoms with Crippen molar-refractivity contribution in [2.75, 3.05) is 18.0 Å². The van der Waals surface area contributed by atoms with Crippen molar-refractivity contribution in [3.05, 3.63) is 48.5 Å². The smallest absolute Gasteiger partial charge is 0.182 e. The molecule has 0 amide bonds. The molecule has 0 bridgehead atoms. The molecule has 0 radical (unpaired) electrons. The van der Waals surface area contributed by atoms with Gasteiger partial charge in [-0.3, -0.25) is 0 Å². The first-order valence-electron chi connectivity index (χ1n) is 7.01. The Kier molecular flexibility index (Phi) is 4.07. The molecule has 108 valence electrons. The van der Waals surface area contributed by atoms with Crippen molar-refractivity contribution in [2.24, 2.45) is 5.73 Å². The summed E-state index contributed by atoms with van der Waals surface area (Å²) in [5.74, 6) is 0.870. The van der Waals surface area contributed by atoms with Gasteiger partial charge in [-0.05, 0) is 18.5 Å². The minimum Gasteiger partial charge on any atom is -0.350 e. The molecular formula is C15H18N6. The molecule has 3 aromatic rings. The molecule has 3 rings (SSSR count). The predicted octanol–water partition coefficient (Wildman–Crippen LogP) is 1.71. The quantitative estimate of drug-likeness (QED) is 0.719. The van der Waals surface area contributed by atoms with E-state index in [-0.39, 0.29) is 0 Å². The third kappa shape index (κ3) is 3.00. The molecule has 0 aliphatic carbocycles. The van der Waals surface area contributed by atoms with Gasteiger partial charge in [0.1, 0.15) is 11.8 Å². The zero-order chi connectivity index (χ0) is 14.5. The van der Waals surface area contributed by atoms with Crippen LogP contribution in [0.5, 0.6) is 0 Å². The van der Waals surface area contributed by atoms with Crippen LogP contribution in [0.3, 0.4) is 0 Å². The van der Waals surface area contributed by atoms with Crippen LogP contribution < -0.4 is 10.6 Å². The maximum atomic E-state index is 5.66. The summed E-state index contributed by atoms with van der Waals surface area (Å²) in [4.78, 5) is 18.1. The summed E-state index contributed by atoms with van der Waals surface area (Å²) in [5, 5.41) is 0. The Balaban J connectivity index is 1.93. The monoisotopic (exact) mass is 282 g/mol. The molecule has 0 atom stereocenters. The van der Waals surface area contributed by atoms with Crippen LogP contribution in [-0.2, 0) is 6.54 Å². The zero-order valence-electron chi connectivity index (χ0n) is 11.7. The van der Waals surface area contributed by atoms with Crippen LogP contribution in [-0.4, -0.2) is 33.0 Å². The summed E-state index contributed by atoms with van der Waals surface area (Å²) in [6.45, 7) is 2.28. The van der Waals surface area contributed by atoms with Crippen molar-refractivity contribution in [1.82, 2.24) is 19.9 Å². The van der Waals surface area contributed by atoms with E-state index in [1.165, 1.54) is 5.56 Å². The van der Waals surface area contributed by atoms with Crippen LogP contribution in [0.2, 0.25) is 0 Å². The van der Waals surface area contributed by atoms with E-state index in [1.807, 2.05) is 18.2 Å². The minimum atomic E-state index is 0.655. The molecule has 2 aromatic heterocycles. The van der Waals surface area contributed by atoms with Gasteiger partial charge in [0.25, 0.3) is 0 Å². The molecule has 0 aliphatic heterocycles. The van der Waals surface area contributed by atoms with Crippen molar-refractivity contribution in [3.8, 4) is 0 Å². The van der Waals surface area contributed by atoms with E-state index in [0.717, 1.165) is 30.8 Å². The molecule has 0 aliphatic rings. The maximum absolute atomic E-state index is 5.66. The first-order chi connectivity index (χ1) is 10.4. The minimum absolute atomic E-state index is 0.655. The first kappa shape index (κ1) is 13.5. The Morgan fingerprint density at radius 3 is 2.76 bits per heavy atom. The van der Waals surface area contributed by atoms with Gasteiger partial charge in [0.15, 0.2) is 11.5 Å². The van der Waals surface area contributed by atoms with Gasteiger partial charge in [-0.2, -0.15) is 0 Å². The third-order valence-electron chi connectivity index (χ3n) is 3.35. The van der Waals surface area contributed by atoms with Crippen molar-refractivity contribution >= 4 is 17.0 Å². The highest BCUT2D eigenvalue weighted by Gasteiger charge is 2.14. The van der Waals surface area contributed by atoms with Crippen LogP contribution in [0.25, 0.3) is 11.2 Å². The fraction of sp³-hybridized carbons (Fsp3) is 0.267. The average molecular weight is 282 g/mol. The van der Waals surface area contributed by atoms with Gasteiger partial charge in [-0.1, -0.05) is 30.3 Å². The highest BCUT2D eigenvalue weighted by molar-refractivity contribution is 5.82. The van der Waals surface area contributed by atoms with Crippen molar-refractivity contribution < 1.29 is 0 Å². The van der Waals surface area contributed by atoms with E-state index in [0.29, 0.717) is 12.2 Å². The van der Waals surface area contributed by atoms with E-state index < -0.39 is 0 Å². The molecule has 3 N–H and O–H groups in total. The van der Waals surface area contributed by atoms with E-state index in [4.69, 9.17) is 5.73 Å². The lowest BCUT2D eigenvalue weighted by atomic mass is 10.2. The number of nitrogens with zero attached hydrogens (tertiary/aromatic N) is 4. The number of fused-ring (bicyclic) bond motifs is 1. The standard InChI is InChI=1S/C15H18N6/c16-7-4-8-21(9-12-5-2-1-3-6-12)15-13-14(18-10-17-13)19-11-20-15/h1-3,5-6,10-11H,4,7-9,16H2,(H,17,18,19,20). The molecule has 0 saturated heterocycles. The topological polar surface area (TPSA) is 83.7 Å². The maximum Gasteiger partial charge on any atom is 0.182 e. The lowest BCUT2D eigenvalue weighted by Crippen LogP contribution is -2.26. The van der Waals surface area contributed by atoms with E-state index in [9.17, 15) is 0 Å². The molecule has 6 heteroatoms. The van der Waals surface area contributed by atoms with Gasteiger partial charge in [-0.15, -0.1) is 0 Å². The molecule has 0 fully saturated rings. The van der Waals surface area contributed by atoms with Gasteiger partial charge in [0.2, 0.25) is 0 Å². The van der Waals surface area contributed by atoms with Crippen LogP contribution >= 0.6 is 0 Å². The van der Waals surface area contributed by atoms with Crippen LogP contribution in [0.4, 0.5) is 5.82 Å². The zero-order valence-corrected chi connectivity index (χ0v) is 11.7. The summed E-state index contributed by atoms with van der Waals surface area (Å²) < 4.78 is 0. The number of nitrogens with two attached hydrogens (primary N) is 1. The number of anilines is 1. The largest absolute Gasteiger partial charge is 0.350 e. The highest BCUT2D eigenvalue weighted by atomic mass is 15.2. The van der Waals surface area contributed by atoms with Gasteiger partial charge in [0, 0.05) is 13.1 Å². The van der Waals surface area contributed by atoms with Crippen molar-refractivity contribution in [3.63, 3.8) is 0 Å². The summed E-state index contributed by atoms with van der Waals surface area (Å²) in [6, 6.07) is 10.3. The molecule has 0 unspecified atom stereocenters. The molecule has 2 heterocycles. The lowest BCUT2D eigenvalue weighted by molar-refractivity contribution is 0.727. The Labute approximate surface area is 123 Å². The van der Waals surface area contributed by atoms with Gasteiger partial charge < -0.3 is 15.6 Å². The average Bonchev–Trinajstić information content (AvgIpc) is 3.01. The second-order valence-corrected chi connectivity index (χ2v) is 4.85. The number of nitrogens with one attached hydrogen (secondary N) is 1. The second kappa shape index (κ2) is 6.32. The first-order valence-corrected chi connectivity index (χ1v) is 7.01. The number of H-pyrrole nitrogens is 1. The molecule has 21 heavy (non-hydrogen) atoms. The van der Waals surface area contributed by atoms with Gasteiger partial charge >= 0.3 is 0 Å². The molecule has 0 spiro atoms. The fourth-order valence-corrected chi connectivity index (χ4v) is 2.34. The number of rotatable bonds is 6. The number of benzene rings is 1. The Hall–Kier alpha value is -2.47. The van der Waals surface area contributed by atoms with E-state index in [2.05, 4.69) is 37.0 Å². The van der Waals surface area contributed by atoms with Crippen LogP contribution in [0.15, 0.2) is 43.0 Å². The second-order valence-electron chi connectivity index (χ2n) is 4.85. The van der Waals surface area contributed by atoms with E-state index >= 15 is 0 Å². The molecular weight excluding hydrogens is 264 g/mol. The number of hydrogen-bond acceptors (Lipinski definition) is 5. The Morgan fingerprint density at radius 2 is 1.95 bits per heavy atom. The highest BCUT2D eigenvalue weighted by Crippen LogP contribution is 2.21. The lowest BCUT2D eigenvalue weighted by Gasteiger charge is -2.23. The Morgan fingerprint density at radius 1 is 1.10 bits per heavy atom. The SMILES string of the molecule is NCCCN(Cc1ccccc1)c1ncnc2nc[nH]c12. The molecule has 0 saturated carbocycles. The summed E-state index contributed by atoms with van der Waals surface area (Å²) in [7, 11) is 0. The van der Waals surface area contributed by atoms with Crippen molar-refractivity contribution in [1.29, 1.82) is 0 Å². The molecule has 6 nitrogen and oxygen atoms in total. The van der Waals surface area contributed by atoms with Crippen molar-refractivity contribution in [2.45, 2.75) is 13.0 Å². The summed E-state index contributed by atoms with van der Waals surface area (Å²) >= 11 is 0. The van der Waals surface area contributed by atoms with Gasteiger partial charge in [-0.25, -0.2) is 15.0 Å². The van der Waals surface area contributed by atoms with E-state index in [1.54, 1.807) is 12.7 Å². The van der Waals surface area contributed by atoms with Gasteiger partial charge in [0.05, 0.1) is 6.33 Å². The van der Waals surface area contributed by atoms with Crippen LogP contribution in [0.1, 0.15) is 12.0 Å². The predicted molar refractivity (Wildman–Crippen MR) is 82.8 cm³/mol. The number of aromatic amines is 1. The number of aromatic nitrogens is 4. The van der Waals surface area contributed by atoms with Crippen LogP contribution in [0, 0.1) is 0 Å². The summed E-state index contributed by atoms with van der Waals surface area (Å²) in [5.41, 5.74) is 8.45. The Bertz CT molecular complexity index is 693.